The van der Waals surface area contributed by atoms with Gasteiger partial charge >= 0.3 is 5.97 Å². The number of esters is 1. The zero-order valence-corrected chi connectivity index (χ0v) is 14.7. The molecule has 2 heterocycles. The zero-order chi connectivity index (χ0) is 19.7. The molecule has 1 atom stereocenters. The number of aliphatic hydroxyl groups is 1. The Balaban J connectivity index is 2.24. The second-order valence-electron chi connectivity index (χ2n) is 6.25. The molecule has 27 heavy (non-hydrogen) atoms. The summed E-state index contributed by atoms with van der Waals surface area (Å²) in [6.45, 7) is 2.82. The monoisotopic (exact) mass is 375 g/mol. The Morgan fingerprint density at radius 1 is 1.33 bits per heavy atom. The number of aliphatic hydroxyl groups excluding tert-OH is 1. The van der Waals surface area contributed by atoms with E-state index in [0.717, 1.165) is 6.07 Å². The third kappa shape index (κ3) is 3.56. The van der Waals surface area contributed by atoms with E-state index in [1.807, 2.05) is 0 Å². The minimum absolute atomic E-state index is 0.00786. The summed E-state index contributed by atoms with van der Waals surface area (Å²) >= 11 is 0. The summed E-state index contributed by atoms with van der Waals surface area (Å²) in [5.41, 5.74) is 5.73. The van der Waals surface area contributed by atoms with Crippen molar-refractivity contribution in [2.24, 2.45) is 5.73 Å². The maximum Gasteiger partial charge on any atom is 0.340 e. The molecule has 1 aliphatic rings. The van der Waals surface area contributed by atoms with Crippen LogP contribution in [0.1, 0.15) is 36.8 Å². The lowest BCUT2D eigenvalue weighted by molar-refractivity contribution is -0.143. The van der Waals surface area contributed by atoms with Gasteiger partial charge in [0.25, 0.3) is 0 Å². The molecule has 1 aliphatic heterocycles. The predicted octanol–water partition coefficient (Wildman–Crippen LogP) is 1.92. The van der Waals surface area contributed by atoms with E-state index in [-0.39, 0.29) is 28.7 Å². The highest BCUT2D eigenvalue weighted by molar-refractivity contribution is 5.92. The number of carbonyl (C=O) groups is 1. The Kier molecular flexibility index (Phi) is 5.00. The van der Waals surface area contributed by atoms with Gasteiger partial charge in [-0.05, 0) is 31.5 Å². The molecule has 8 heteroatoms. The molecule has 3 rings (SSSR count). The Morgan fingerprint density at radius 2 is 2.00 bits per heavy atom. The van der Waals surface area contributed by atoms with Crippen molar-refractivity contribution in [2.45, 2.75) is 32.5 Å². The van der Waals surface area contributed by atoms with E-state index >= 15 is 0 Å². The molecular formula is C19H18FNO6. The highest BCUT2D eigenvalue weighted by atomic mass is 19.1. The van der Waals surface area contributed by atoms with Gasteiger partial charge in [-0.2, -0.15) is 0 Å². The van der Waals surface area contributed by atoms with E-state index < -0.39 is 35.8 Å². The number of carbonyl (C=O) groups excluding carboxylic acids is 1. The van der Waals surface area contributed by atoms with Crippen LogP contribution in [0.15, 0.2) is 51.0 Å². The van der Waals surface area contributed by atoms with Crippen LogP contribution in [-0.4, -0.2) is 17.2 Å². The first-order chi connectivity index (χ1) is 12.8. The van der Waals surface area contributed by atoms with Crippen LogP contribution in [-0.2, 0) is 16.1 Å². The summed E-state index contributed by atoms with van der Waals surface area (Å²) in [6.07, 6.45) is -0.427. The highest BCUT2D eigenvalue weighted by Gasteiger charge is 2.39. The third-order valence-corrected chi connectivity index (χ3v) is 3.93. The maximum absolute atomic E-state index is 13.4. The maximum atomic E-state index is 13.4. The summed E-state index contributed by atoms with van der Waals surface area (Å²) in [7, 11) is 0. The summed E-state index contributed by atoms with van der Waals surface area (Å²) in [5.74, 6) is -2.69. The highest BCUT2D eigenvalue weighted by Crippen LogP contribution is 2.41. The first-order valence-electron chi connectivity index (χ1n) is 8.23. The summed E-state index contributed by atoms with van der Waals surface area (Å²) in [4.78, 5) is 25.0. The summed E-state index contributed by atoms with van der Waals surface area (Å²) in [5, 5.41) is 9.35. The van der Waals surface area contributed by atoms with Crippen molar-refractivity contribution in [1.29, 1.82) is 0 Å². The molecule has 7 nitrogen and oxygen atoms in total. The van der Waals surface area contributed by atoms with E-state index in [1.54, 1.807) is 13.8 Å². The number of ether oxygens (including phenoxy) is 2. The molecule has 3 N–H and O–H groups in total. The Morgan fingerprint density at radius 3 is 2.59 bits per heavy atom. The minimum atomic E-state index is -0.959. The summed E-state index contributed by atoms with van der Waals surface area (Å²) < 4.78 is 29.6. The van der Waals surface area contributed by atoms with Crippen molar-refractivity contribution in [1.82, 2.24) is 0 Å². The van der Waals surface area contributed by atoms with Crippen molar-refractivity contribution in [3.63, 3.8) is 0 Å². The Bertz CT molecular complexity index is 961. The van der Waals surface area contributed by atoms with Crippen molar-refractivity contribution >= 4 is 5.97 Å². The second kappa shape index (κ2) is 7.24. The van der Waals surface area contributed by atoms with Crippen molar-refractivity contribution in [3.05, 3.63) is 74.9 Å². The van der Waals surface area contributed by atoms with Gasteiger partial charge in [0.15, 0.2) is 5.76 Å². The third-order valence-electron chi connectivity index (χ3n) is 3.93. The van der Waals surface area contributed by atoms with E-state index in [0.29, 0.717) is 5.56 Å². The molecule has 0 amide bonds. The van der Waals surface area contributed by atoms with Gasteiger partial charge in [-0.1, -0.05) is 12.1 Å². The fraction of sp³-hybridized carbons (Fsp3) is 0.263. The van der Waals surface area contributed by atoms with Gasteiger partial charge in [-0.25, -0.2) is 9.18 Å². The molecule has 1 aromatic carbocycles. The Hall–Kier alpha value is -3.13. The fourth-order valence-corrected chi connectivity index (χ4v) is 2.83. The molecular weight excluding hydrogens is 357 g/mol. The Labute approximate surface area is 153 Å². The van der Waals surface area contributed by atoms with Crippen molar-refractivity contribution < 1.29 is 28.2 Å². The van der Waals surface area contributed by atoms with Crippen LogP contribution in [0.2, 0.25) is 0 Å². The standard InChI is InChI=1S/C19H18FNO6/c1-9(2)25-19(24)15-14(10-3-5-11(20)6-4-10)17-16(27-18(15)21)13(23)7-12(8-22)26-17/h3-7,9,14,22H,8,21H2,1-2H3/t14-/m1/s1. The quantitative estimate of drug-likeness (QED) is 0.785. The number of nitrogens with two attached hydrogens (primary N) is 1. The van der Waals surface area contributed by atoms with Crippen LogP contribution in [0.25, 0.3) is 0 Å². The van der Waals surface area contributed by atoms with Crippen LogP contribution >= 0.6 is 0 Å². The molecule has 0 radical (unpaired) electrons. The largest absolute Gasteiger partial charge is 0.459 e. The fourth-order valence-electron chi connectivity index (χ4n) is 2.83. The van der Waals surface area contributed by atoms with Gasteiger partial charge in [0, 0.05) is 6.07 Å². The lowest BCUT2D eigenvalue weighted by Crippen LogP contribution is -2.31. The molecule has 0 unspecified atom stereocenters. The van der Waals surface area contributed by atoms with Crippen LogP contribution in [0, 0.1) is 5.82 Å². The first kappa shape index (κ1) is 18.7. The van der Waals surface area contributed by atoms with E-state index in [1.165, 1.54) is 24.3 Å². The molecule has 0 saturated heterocycles. The smallest absolute Gasteiger partial charge is 0.340 e. The van der Waals surface area contributed by atoms with Gasteiger partial charge in [0.1, 0.15) is 23.8 Å². The SMILES string of the molecule is CC(C)OC(=O)C1=C(N)Oc2c(oc(CO)cc2=O)[C@@H]1c1ccc(F)cc1. The van der Waals surface area contributed by atoms with E-state index in [2.05, 4.69) is 0 Å². The van der Waals surface area contributed by atoms with Crippen LogP contribution in [0.3, 0.4) is 0 Å². The van der Waals surface area contributed by atoms with Gasteiger partial charge in [-0.3, -0.25) is 4.79 Å². The van der Waals surface area contributed by atoms with E-state index in [9.17, 15) is 19.1 Å². The van der Waals surface area contributed by atoms with Crippen LogP contribution in [0.4, 0.5) is 4.39 Å². The van der Waals surface area contributed by atoms with Gasteiger partial charge in [0.2, 0.25) is 17.1 Å². The molecule has 1 aromatic heterocycles. The van der Waals surface area contributed by atoms with E-state index in [4.69, 9.17) is 19.6 Å². The minimum Gasteiger partial charge on any atom is -0.459 e. The zero-order valence-electron chi connectivity index (χ0n) is 14.7. The van der Waals surface area contributed by atoms with Crippen LogP contribution in [0.5, 0.6) is 5.75 Å². The molecule has 0 aliphatic carbocycles. The van der Waals surface area contributed by atoms with Gasteiger partial charge < -0.3 is 24.7 Å². The number of hydrogen-bond acceptors (Lipinski definition) is 7. The summed E-state index contributed by atoms with van der Waals surface area (Å²) in [6, 6.07) is 6.37. The number of rotatable bonds is 4. The lowest BCUT2D eigenvalue weighted by atomic mass is 9.86. The molecule has 0 saturated carbocycles. The number of fused-ring (bicyclic) bond motifs is 1. The molecule has 2 aromatic rings. The average molecular weight is 375 g/mol. The molecule has 0 fully saturated rings. The number of halogens is 1. The molecule has 0 spiro atoms. The first-order valence-corrected chi connectivity index (χ1v) is 8.23. The van der Waals surface area contributed by atoms with Gasteiger partial charge in [0.05, 0.1) is 12.0 Å². The molecule has 0 bridgehead atoms. The number of hydrogen-bond donors (Lipinski definition) is 2. The van der Waals surface area contributed by atoms with Crippen molar-refractivity contribution in [2.75, 3.05) is 0 Å². The van der Waals surface area contributed by atoms with Crippen molar-refractivity contribution in [3.8, 4) is 5.75 Å². The predicted molar refractivity (Wildman–Crippen MR) is 92.2 cm³/mol. The second-order valence-corrected chi connectivity index (χ2v) is 6.25. The van der Waals surface area contributed by atoms with Crippen LogP contribution < -0.4 is 15.9 Å². The number of benzene rings is 1. The average Bonchev–Trinajstić information content (AvgIpc) is 2.61. The topological polar surface area (TPSA) is 112 Å². The normalized spacial score (nSPS) is 16.1. The lowest BCUT2D eigenvalue weighted by Gasteiger charge is -2.27. The van der Waals surface area contributed by atoms with Gasteiger partial charge in [-0.15, -0.1) is 0 Å². The molecule has 142 valence electrons.